The lowest BCUT2D eigenvalue weighted by Crippen LogP contribution is -2.51. The number of esters is 2. The van der Waals surface area contributed by atoms with Gasteiger partial charge in [0.1, 0.15) is 12.2 Å². The van der Waals surface area contributed by atoms with Crippen molar-refractivity contribution in [1.82, 2.24) is 10.6 Å². The number of para-hydroxylation sites is 1. The van der Waals surface area contributed by atoms with Crippen molar-refractivity contribution in [3.8, 4) is 0 Å². The van der Waals surface area contributed by atoms with Gasteiger partial charge in [-0.15, -0.1) is 0 Å². The SMILES string of the molecule is CCOC(=O)C1=C(COC(=O)c2cc(=O)c3ccccc3o2)NC(=O)N[C@H]1CC. The molecule has 9 heteroatoms. The summed E-state index contributed by atoms with van der Waals surface area (Å²) in [5.41, 5.74) is 0.170. The number of carbonyl (C=O) groups is 3. The van der Waals surface area contributed by atoms with Crippen LogP contribution in [0, 0.1) is 0 Å². The molecule has 0 radical (unpaired) electrons. The second kappa shape index (κ2) is 8.59. The summed E-state index contributed by atoms with van der Waals surface area (Å²) >= 11 is 0. The van der Waals surface area contributed by atoms with Crippen molar-refractivity contribution in [3.63, 3.8) is 0 Å². The van der Waals surface area contributed by atoms with Crippen LogP contribution in [0.5, 0.6) is 0 Å². The minimum atomic E-state index is -0.899. The lowest BCUT2D eigenvalue weighted by molar-refractivity contribution is -0.139. The molecule has 29 heavy (non-hydrogen) atoms. The average Bonchev–Trinajstić information content (AvgIpc) is 2.71. The van der Waals surface area contributed by atoms with E-state index in [1.54, 1.807) is 38.1 Å². The zero-order valence-electron chi connectivity index (χ0n) is 15.9. The van der Waals surface area contributed by atoms with E-state index < -0.39 is 30.6 Å². The van der Waals surface area contributed by atoms with E-state index >= 15 is 0 Å². The molecule has 0 fully saturated rings. The number of hydrogen-bond acceptors (Lipinski definition) is 7. The molecule has 2 amide bonds. The van der Waals surface area contributed by atoms with Crippen molar-refractivity contribution < 1.29 is 28.3 Å². The first kappa shape index (κ1) is 20.1. The molecule has 1 aromatic carbocycles. The third kappa shape index (κ3) is 4.29. The Balaban J connectivity index is 1.85. The molecule has 0 unspecified atom stereocenters. The van der Waals surface area contributed by atoms with E-state index in [-0.39, 0.29) is 34.6 Å². The van der Waals surface area contributed by atoms with Gasteiger partial charge >= 0.3 is 18.0 Å². The number of carbonyl (C=O) groups excluding carboxylic acids is 3. The van der Waals surface area contributed by atoms with Crippen LogP contribution in [-0.4, -0.2) is 37.2 Å². The number of hydrogen-bond donors (Lipinski definition) is 2. The van der Waals surface area contributed by atoms with Crippen LogP contribution >= 0.6 is 0 Å². The average molecular weight is 400 g/mol. The van der Waals surface area contributed by atoms with Gasteiger partial charge in [0, 0.05) is 6.07 Å². The Morgan fingerprint density at radius 1 is 1.10 bits per heavy atom. The smallest absolute Gasteiger partial charge is 0.374 e. The molecule has 3 rings (SSSR count). The summed E-state index contributed by atoms with van der Waals surface area (Å²) in [5, 5.41) is 5.44. The molecule has 2 N–H and O–H groups in total. The zero-order chi connectivity index (χ0) is 21.0. The minimum absolute atomic E-state index is 0.121. The van der Waals surface area contributed by atoms with Crippen molar-refractivity contribution in [3.05, 3.63) is 57.6 Å². The summed E-state index contributed by atoms with van der Waals surface area (Å²) in [6, 6.07) is 6.46. The third-order valence-corrected chi connectivity index (χ3v) is 4.33. The van der Waals surface area contributed by atoms with E-state index in [0.29, 0.717) is 11.8 Å². The predicted molar refractivity (Wildman–Crippen MR) is 102 cm³/mol. The second-order valence-corrected chi connectivity index (χ2v) is 6.22. The molecule has 9 nitrogen and oxygen atoms in total. The molecule has 0 saturated carbocycles. The van der Waals surface area contributed by atoms with Crippen LogP contribution in [0.15, 0.2) is 50.8 Å². The molecule has 1 aromatic heterocycles. The van der Waals surface area contributed by atoms with Gasteiger partial charge in [-0.25, -0.2) is 14.4 Å². The van der Waals surface area contributed by atoms with Gasteiger partial charge in [-0.05, 0) is 25.5 Å². The Bertz CT molecular complexity index is 1050. The standard InChI is InChI=1S/C20H20N2O7/c1-3-12-17(19(25)27-4-2)13(22-20(26)21-12)10-28-18(24)16-9-14(23)11-7-5-6-8-15(11)29-16/h5-9,12H,3-4,10H2,1-2H3,(H2,21,22,26)/t12-/m0/s1. The number of urea groups is 1. The van der Waals surface area contributed by atoms with Gasteiger partial charge in [-0.2, -0.15) is 0 Å². The van der Waals surface area contributed by atoms with E-state index in [1.165, 1.54) is 0 Å². The summed E-state index contributed by atoms with van der Waals surface area (Å²) in [6.07, 6.45) is 0.443. The minimum Gasteiger partial charge on any atom is -0.463 e. The fourth-order valence-electron chi connectivity index (χ4n) is 2.99. The highest BCUT2D eigenvalue weighted by Gasteiger charge is 2.32. The molecule has 2 aromatic rings. The quantitative estimate of drug-likeness (QED) is 0.709. The molecular formula is C20H20N2O7. The maximum atomic E-state index is 12.4. The Labute approximate surface area is 165 Å². The maximum Gasteiger partial charge on any atom is 0.374 e. The van der Waals surface area contributed by atoms with Crippen molar-refractivity contribution >= 4 is 28.9 Å². The van der Waals surface area contributed by atoms with Crippen LogP contribution in [0.25, 0.3) is 11.0 Å². The van der Waals surface area contributed by atoms with Gasteiger partial charge in [-0.1, -0.05) is 19.1 Å². The van der Waals surface area contributed by atoms with E-state index in [2.05, 4.69) is 10.6 Å². The first-order valence-corrected chi connectivity index (χ1v) is 9.12. The molecule has 0 saturated heterocycles. The zero-order valence-corrected chi connectivity index (χ0v) is 15.9. The lowest BCUT2D eigenvalue weighted by atomic mass is 10.0. The summed E-state index contributed by atoms with van der Waals surface area (Å²) in [4.78, 5) is 48.7. The number of amides is 2. The van der Waals surface area contributed by atoms with Gasteiger partial charge in [0.25, 0.3) is 0 Å². The van der Waals surface area contributed by atoms with E-state index in [9.17, 15) is 19.2 Å². The van der Waals surface area contributed by atoms with Crippen molar-refractivity contribution in [2.75, 3.05) is 13.2 Å². The normalized spacial score (nSPS) is 16.2. The Kier molecular flexibility index (Phi) is 5.96. The van der Waals surface area contributed by atoms with Crippen molar-refractivity contribution in [2.45, 2.75) is 26.3 Å². The largest absolute Gasteiger partial charge is 0.463 e. The number of fused-ring (bicyclic) bond motifs is 1. The van der Waals surface area contributed by atoms with E-state index in [4.69, 9.17) is 13.9 Å². The first-order chi connectivity index (χ1) is 13.9. The fraction of sp³-hybridized carbons (Fsp3) is 0.300. The van der Waals surface area contributed by atoms with Crippen LogP contribution in [0.1, 0.15) is 30.8 Å². The predicted octanol–water partition coefficient (Wildman–Crippen LogP) is 1.86. The molecule has 0 aliphatic carbocycles. The molecule has 1 atom stereocenters. The third-order valence-electron chi connectivity index (χ3n) is 4.33. The van der Waals surface area contributed by atoms with Crippen molar-refractivity contribution in [1.29, 1.82) is 0 Å². The Morgan fingerprint density at radius 2 is 1.86 bits per heavy atom. The van der Waals surface area contributed by atoms with E-state index in [0.717, 1.165) is 6.07 Å². The van der Waals surface area contributed by atoms with Crippen molar-refractivity contribution in [2.24, 2.45) is 0 Å². The van der Waals surface area contributed by atoms with Gasteiger partial charge < -0.3 is 24.5 Å². The highest BCUT2D eigenvalue weighted by molar-refractivity contribution is 5.95. The Morgan fingerprint density at radius 3 is 2.59 bits per heavy atom. The highest BCUT2D eigenvalue weighted by Crippen LogP contribution is 2.18. The second-order valence-electron chi connectivity index (χ2n) is 6.22. The van der Waals surface area contributed by atoms with Crippen LogP contribution in [0.2, 0.25) is 0 Å². The number of ether oxygens (including phenoxy) is 2. The molecule has 1 aliphatic rings. The number of benzene rings is 1. The number of nitrogens with one attached hydrogen (secondary N) is 2. The number of rotatable bonds is 6. The Hall–Kier alpha value is -3.62. The molecule has 1 aliphatic heterocycles. The monoisotopic (exact) mass is 400 g/mol. The van der Waals surface area contributed by atoms with E-state index in [1.807, 2.05) is 0 Å². The van der Waals surface area contributed by atoms with Crippen LogP contribution in [-0.2, 0) is 14.3 Å². The summed E-state index contributed by atoms with van der Waals surface area (Å²) < 4.78 is 15.7. The molecule has 2 heterocycles. The first-order valence-electron chi connectivity index (χ1n) is 9.12. The summed E-state index contributed by atoms with van der Waals surface area (Å²) in [5.74, 6) is -1.79. The lowest BCUT2D eigenvalue weighted by Gasteiger charge is -2.28. The molecule has 152 valence electrons. The maximum absolute atomic E-state index is 12.4. The molecule has 0 spiro atoms. The van der Waals surface area contributed by atoms with Gasteiger partial charge in [0.05, 0.1) is 29.3 Å². The van der Waals surface area contributed by atoms with Crippen LogP contribution < -0.4 is 16.1 Å². The van der Waals surface area contributed by atoms with Crippen LogP contribution in [0.4, 0.5) is 4.79 Å². The summed E-state index contributed by atoms with van der Waals surface area (Å²) in [7, 11) is 0. The van der Waals surface area contributed by atoms with Crippen LogP contribution in [0.3, 0.4) is 0 Å². The van der Waals surface area contributed by atoms with Gasteiger partial charge in [-0.3, -0.25) is 4.79 Å². The molecular weight excluding hydrogens is 380 g/mol. The molecule has 0 bridgehead atoms. The fourth-order valence-corrected chi connectivity index (χ4v) is 2.99. The van der Waals surface area contributed by atoms with Gasteiger partial charge in [0.15, 0.2) is 5.43 Å². The summed E-state index contributed by atoms with van der Waals surface area (Å²) in [6.45, 7) is 3.22. The highest BCUT2D eigenvalue weighted by atomic mass is 16.5. The topological polar surface area (TPSA) is 124 Å². The van der Waals surface area contributed by atoms with Gasteiger partial charge in [0.2, 0.25) is 5.76 Å².